The molecule has 0 radical (unpaired) electrons. The first kappa shape index (κ1) is 11.8. The topological polar surface area (TPSA) is 113 Å². The lowest BCUT2D eigenvalue weighted by molar-refractivity contribution is 1.26. The molecule has 0 saturated heterocycles. The summed E-state index contributed by atoms with van der Waals surface area (Å²) < 4.78 is 0. The summed E-state index contributed by atoms with van der Waals surface area (Å²) >= 11 is 0. The second kappa shape index (κ2) is 4.67. The fraction of sp³-hybridized carbons (Fsp3) is 0. The highest BCUT2D eigenvalue weighted by Gasteiger charge is 2.04. The lowest BCUT2D eigenvalue weighted by Crippen LogP contribution is -2.13. The highest BCUT2D eigenvalue weighted by atomic mass is 14.8. The van der Waals surface area contributed by atoms with Gasteiger partial charge in [-0.2, -0.15) is 0 Å². The van der Waals surface area contributed by atoms with E-state index in [2.05, 4.69) is 4.98 Å². The van der Waals surface area contributed by atoms with E-state index >= 15 is 0 Å². The molecule has 0 spiro atoms. The number of nitrogens with two attached hydrogens (primary N) is 2. The largest absolute Gasteiger partial charge is 0.384 e. The van der Waals surface area contributed by atoms with Gasteiger partial charge < -0.3 is 11.5 Å². The number of aromatic nitrogens is 1. The van der Waals surface area contributed by atoms with Gasteiger partial charge in [0.25, 0.3) is 0 Å². The van der Waals surface area contributed by atoms with Gasteiger partial charge in [-0.15, -0.1) is 0 Å². The number of hydrogen-bond acceptors (Lipinski definition) is 3. The quantitative estimate of drug-likeness (QED) is 0.478. The molecule has 5 heteroatoms. The Morgan fingerprint density at radius 1 is 0.944 bits per heavy atom. The third-order valence-electron chi connectivity index (χ3n) is 2.49. The zero-order chi connectivity index (χ0) is 13.1. The first-order valence-electron chi connectivity index (χ1n) is 5.34. The smallest absolute Gasteiger partial charge is 0.141 e. The lowest BCUT2D eigenvalue weighted by Gasteiger charge is -2.05. The Labute approximate surface area is 104 Å². The van der Waals surface area contributed by atoms with Crippen LogP contribution in [-0.2, 0) is 0 Å². The van der Waals surface area contributed by atoms with E-state index < -0.39 is 0 Å². The third-order valence-corrected chi connectivity index (χ3v) is 2.49. The van der Waals surface area contributed by atoms with Crippen molar-refractivity contribution in [3.05, 3.63) is 53.7 Å². The minimum absolute atomic E-state index is 0.0135. The van der Waals surface area contributed by atoms with Crippen LogP contribution in [0.2, 0.25) is 0 Å². The molecule has 1 heterocycles. The molecule has 0 amide bonds. The Bertz CT molecular complexity index is 563. The molecule has 0 fully saturated rings. The van der Waals surface area contributed by atoms with Crippen LogP contribution in [0.25, 0.3) is 11.3 Å². The molecule has 0 bridgehead atoms. The van der Waals surface area contributed by atoms with Crippen molar-refractivity contribution in [3.8, 4) is 11.3 Å². The van der Waals surface area contributed by atoms with Crippen LogP contribution in [0, 0.1) is 10.8 Å². The Morgan fingerprint density at radius 2 is 1.67 bits per heavy atom. The van der Waals surface area contributed by atoms with Gasteiger partial charge in [-0.25, -0.2) is 4.98 Å². The second-order valence-electron chi connectivity index (χ2n) is 3.82. The number of pyridine rings is 1. The second-order valence-corrected chi connectivity index (χ2v) is 3.82. The van der Waals surface area contributed by atoms with Gasteiger partial charge in [-0.3, -0.25) is 10.8 Å². The molecule has 0 aliphatic heterocycles. The maximum Gasteiger partial charge on any atom is 0.141 e. The Hall–Kier alpha value is -2.69. The van der Waals surface area contributed by atoms with Crippen molar-refractivity contribution >= 4 is 11.7 Å². The fourth-order valence-corrected chi connectivity index (χ4v) is 1.59. The molecule has 1 aromatic carbocycles. The van der Waals surface area contributed by atoms with Crippen molar-refractivity contribution in [2.45, 2.75) is 0 Å². The highest BCUT2D eigenvalue weighted by molar-refractivity contribution is 5.96. The van der Waals surface area contributed by atoms with E-state index in [1.165, 1.54) is 0 Å². The summed E-state index contributed by atoms with van der Waals surface area (Å²) in [5.74, 6) is -0.0563. The summed E-state index contributed by atoms with van der Waals surface area (Å²) in [6.07, 6.45) is 0. The van der Waals surface area contributed by atoms with Crippen molar-refractivity contribution in [2.24, 2.45) is 11.5 Å². The van der Waals surface area contributed by atoms with Gasteiger partial charge >= 0.3 is 0 Å². The zero-order valence-electron chi connectivity index (χ0n) is 9.64. The summed E-state index contributed by atoms with van der Waals surface area (Å²) in [5, 5.41) is 14.8. The van der Waals surface area contributed by atoms with E-state index in [4.69, 9.17) is 22.3 Å². The summed E-state index contributed by atoms with van der Waals surface area (Å²) in [7, 11) is 0. The van der Waals surface area contributed by atoms with Crippen LogP contribution < -0.4 is 11.5 Å². The lowest BCUT2D eigenvalue weighted by atomic mass is 10.1. The fourth-order valence-electron chi connectivity index (χ4n) is 1.59. The van der Waals surface area contributed by atoms with Gasteiger partial charge in [0.1, 0.15) is 17.4 Å². The zero-order valence-corrected chi connectivity index (χ0v) is 9.64. The summed E-state index contributed by atoms with van der Waals surface area (Å²) in [6.45, 7) is 0. The van der Waals surface area contributed by atoms with Gasteiger partial charge in [0.2, 0.25) is 0 Å². The molecule has 2 aromatic rings. The molecule has 5 nitrogen and oxygen atoms in total. The Balaban J connectivity index is 2.48. The maximum absolute atomic E-state index is 7.41. The number of benzene rings is 1. The molecule has 6 N–H and O–H groups in total. The molecule has 90 valence electrons. The highest BCUT2D eigenvalue weighted by Crippen LogP contribution is 2.18. The van der Waals surface area contributed by atoms with E-state index in [1.54, 1.807) is 24.3 Å². The molecular weight excluding hydrogens is 226 g/mol. The van der Waals surface area contributed by atoms with Crippen LogP contribution in [0.15, 0.2) is 42.5 Å². The average molecular weight is 239 g/mol. The minimum Gasteiger partial charge on any atom is -0.384 e. The van der Waals surface area contributed by atoms with Crippen LogP contribution in [0.3, 0.4) is 0 Å². The van der Waals surface area contributed by atoms with Crippen molar-refractivity contribution in [1.29, 1.82) is 10.8 Å². The van der Waals surface area contributed by atoms with Crippen LogP contribution >= 0.6 is 0 Å². The SMILES string of the molecule is N=C(N)c1cccc(-c2cccc(C(=N)N)n2)c1. The standard InChI is InChI=1S/C13H13N5/c14-12(15)9-4-1-3-8(7-9)10-5-2-6-11(18-10)13(16)17/h1-7H,(H3,14,15)(H3,16,17). The van der Waals surface area contributed by atoms with Crippen molar-refractivity contribution in [2.75, 3.05) is 0 Å². The summed E-state index contributed by atoms with van der Waals surface area (Å²) in [6, 6.07) is 12.5. The predicted molar refractivity (Wildman–Crippen MR) is 71.7 cm³/mol. The number of nitrogens with one attached hydrogen (secondary N) is 2. The molecule has 0 unspecified atom stereocenters. The molecule has 0 aliphatic rings. The predicted octanol–water partition coefficient (Wildman–Crippen LogP) is 1.32. The Kier molecular flexibility index (Phi) is 3.05. The number of rotatable bonds is 3. The molecular formula is C13H13N5. The normalized spacial score (nSPS) is 10.0. The molecule has 1 aromatic heterocycles. The minimum atomic E-state index is -0.0698. The van der Waals surface area contributed by atoms with Crippen LogP contribution in [0.1, 0.15) is 11.3 Å². The maximum atomic E-state index is 7.41. The number of amidine groups is 2. The Morgan fingerprint density at radius 3 is 2.33 bits per heavy atom. The molecule has 2 rings (SSSR count). The van der Waals surface area contributed by atoms with E-state index in [1.807, 2.05) is 18.2 Å². The molecule has 0 aliphatic carbocycles. The monoisotopic (exact) mass is 239 g/mol. The molecule has 18 heavy (non-hydrogen) atoms. The van der Waals surface area contributed by atoms with E-state index in [-0.39, 0.29) is 11.7 Å². The van der Waals surface area contributed by atoms with E-state index in [0.29, 0.717) is 17.0 Å². The first-order chi connectivity index (χ1) is 8.58. The van der Waals surface area contributed by atoms with Gasteiger partial charge in [0.05, 0.1) is 5.69 Å². The van der Waals surface area contributed by atoms with E-state index in [9.17, 15) is 0 Å². The van der Waals surface area contributed by atoms with Gasteiger partial charge in [-0.05, 0) is 18.2 Å². The number of nitrogen functional groups attached to an aromatic ring is 2. The summed E-state index contributed by atoms with van der Waals surface area (Å²) in [4.78, 5) is 4.28. The van der Waals surface area contributed by atoms with Gasteiger partial charge in [-0.1, -0.05) is 24.3 Å². The number of hydrogen-bond donors (Lipinski definition) is 4. The average Bonchev–Trinajstić information content (AvgIpc) is 2.39. The van der Waals surface area contributed by atoms with Crippen LogP contribution in [0.5, 0.6) is 0 Å². The van der Waals surface area contributed by atoms with Crippen molar-refractivity contribution in [1.82, 2.24) is 4.98 Å². The van der Waals surface area contributed by atoms with Crippen molar-refractivity contribution in [3.63, 3.8) is 0 Å². The molecule has 0 atom stereocenters. The number of nitrogens with zero attached hydrogens (tertiary/aromatic N) is 1. The van der Waals surface area contributed by atoms with Gasteiger partial charge in [0, 0.05) is 11.1 Å². The van der Waals surface area contributed by atoms with Gasteiger partial charge in [0.15, 0.2) is 0 Å². The van der Waals surface area contributed by atoms with Crippen molar-refractivity contribution < 1.29 is 0 Å². The van der Waals surface area contributed by atoms with Crippen LogP contribution in [-0.4, -0.2) is 16.7 Å². The van der Waals surface area contributed by atoms with E-state index in [0.717, 1.165) is 5.56 Å². The first-order valence-corrected chi connectivity index (χ1v) is 5.34. The third kappa shape index (κ3) is 2.35. The van der Waals surface area contributed by atoms with Crippen LogP contribution in [0.4, 0.5) is 0 Å². The molecule has 0 saturated carbocycles. The summed E-state index contributed by atoms with van der Waals surface area (Å²) in [5.41, 5.74) is 13.5.